The van der Waals surface area contributed by atoms with Crippen molar-refractivity contribution in [2.24, 2.45) is 5.92 Å². The highest BCUT2D eigenvalue weighted by Gasteiger charge is 2.21. The lowest BCUT2D eigenvalue weighted by molar-refractivity contribution is -0.159. The van der Waals surface area contributed by atoms with Gasteiger partial charge in [-0.3, -0.25) is 4.79 Å². The molecule has 102 valence electrons. The van der Waals surface area contributed by atoms with E-state index >= 15 is 0 Å². The summed E-state index contributed by atoms with van der Waals surface area (Å²) in [7, 11) is 0. The smallest absolute Gasteiger partial charge is 0.310 e. The normalized spacial score (nSPS) is 13.5. The van der Waals surface area contributed by atoms with E-state index in [-0.39, 0.29) is 11.9 Å². The molecule has 0 aliphatic heterocycles. The van der Waals surface area contributed by atoms with Crippen molar-refractivity contribution in [1.29, 1.82) is 0 Å². The molecule has 0 bridgehead atoms. The first-order valence-electron chi connectivity index (χ1n) is 6.38. The summed E-state index contributed by atoms with van der Waals surface area (Å²) in [5.41, 5.74) is -0.402. The van der Waals surface area contributed by atoms with Gasteiger partial charge in [-0.25, -0.2) is 0 Å². The van der Waals surface area contributed by atoms with Crippen molar-refractivity contribution in [3.8, 4) is 0 Å². The highest BCUT2D eigenvalue weighted by Crippen LogP contribution is 2.10. The van der Waals surface area contributed by atoms with Gasteiger partial charge in [0, 0.05) is 19.8 Å². The molecule has 1 atom stereocenters. The molecule has 0 aromatic heterocycles. The van der Waals surface area contributed by atoms with E-state index in [9.17, 15) is 4.79 Å². The minimum Gasteiger partial charge on any atom is -0.460 e. The fourth-order valence-corrected chi connectivity index (χ4v) is 1.25. The fourth-order valence-electron chi connectivity index (χ4n) is 1.25. The van der Waals surface area contributed by atoms with Crippen molar-refractivity contribution >= 4 is 5.97 Å². The van der Waals surface area contributed by atoms with Crippen LogP contribution in [0.25, 0.3) is 0 Å². The van der Waals surface area contributed by atoms with Gasteiger partial charge in [-0.1, -0.05) is 6.92 Å². The summed E-state index contributed by atoms with van der Waals surface area (Å²) in [6.45, 7) is 12.6. The second-order valence-electron chi connectivity index (χ2n) is 5.19. The molecule has 1 N–H and O–H groups in total. The Hall–Kier alpha value is -0.610. The van der Waals surface area contributed by atoms with E-state index in [1.165, 1.54) is 0 Å². The number of rotatable bonds is 8. The molecular formula is C13H27NO3. The zero-order chi connectivity index (χ0) is 13.3. The van der Waals surface area contributed by atoms with E-state index in [1.807, 2.05) is 34.6 Å². The Morgan fingerprint density at radius 2 is 2.00 bits per heavy atom. The number of hydrogen-bond donors (Lipinski definition) is 1. The first-order valence-corrected chi connectivity index (χ1v) is 6.38. The average molecular weight is 245 g/mol. The summed E-state index contributed by atoms with van der Waals surface area (Å²) in [5.74, 6) is -0.254. The molecule has 4 nitrogen and oxygen atoms in total. The molecule has 0 radical (unpaired) electrons. The molecule has 17 heavy (non-hydrogen) atoms. The molecule has 0 saturated carbocycles. The Kier molecular flexibility index (Phi) is 8.17. The van der Waals surface area contributed by atoms with Crippen LogP contribution in [0.3, 0.4) is 0 Å². The molecule has 0 rings (SSSR count). The van der Waals surface area contributed by atoms with Crippen LogP contribution in [0.1, 0.15) is 41.0 Å². The average Bonchev–Trinajstić information content (AvgIpc) is 2.20. The number of carbonyl (C=O) groups is 1. The van der Waals surface area contributed by atoms with Crippen LogP contribution in [0.15, 0.2) is 0 Å². The van der Waals surface area contributed by atoms with E-state index in [2.05, 4.69) is 5.32 Å². The number of nitrogens with one attached hydrogen (secondary N) is 1. The predicted octanol–water partition coefficient (Wildman–Crippen LogP) is 1.98. The first kappa shape index (κ1) is 16.4. The summed E-state index contributed by atoms with van der Waals surface area (Å²) >= 11 is 0. The number of carbonyl (C=O) groups excluding carboxylic acids is 1. The number of esters is 1. The van der Waals surface area contributed by atoms with Crippen LogP contribution >= 0.6 is 0 Å². The summed E-state index contributed by atoms with van der Waals surface area (Å²) < 4.78 is 10.5. The number of ether oxygens (including phenoxy) is 2. The lowest BCUT2D eigenvalue weighted by atomic mass is 10.1. The van der Waals surface area contributed by atoms with Crippen molar-refractivity contribution in [2.45, 2.75) is 46.6 Å². The SMILES string of the molecule is CCOCCCNCC(C)C(=O)OC(C)(C)C. The van der Waals surface area contributed by atoms with Crippen molar-refractivity contribution in [2.75, 3.05) is 26.3 Å². The monoisotopic (exact) mass is 245 g/mol. The third-order valence-corrected chi connectivity index (χ3v) is 2.11. The van der Waals surface area contributed by atoms with Crippen molar-refractivity contribution < 1.29 is 14.3 Å². The zero-order valence-electron chi connectivity index (χ0n) is 11.8. The molecule has 0 spiro atoms. The van der Waals surface area contributed by atoms with Gasteiger partial charge < -0.3 is 14.8 Å². The standard InChI is InChI=1S/C13H27NO3/c1-6-16-9-7-8-14-10-11(2)12(15)17-13(3,4)5/h11,14H,6-10H2,1-5H3. The van der Waals surface area contributed by atoms with Crippen molar-refractivity contribution in [3.63, 3.8) is 0 Å². The molecule has 0 heterocycles. The maximum Gasteiger partial charge on any atom is 0.310 e. The summed E-state index contributed by atoms with van der Waals surface area (Å²) in [5, 5.41) is 3.23. The van der Waals surface area contributed by atoms with E-state index in [0.717, 1.165) is 26.2 Å². The zero-order valence-corrected chi connectivity index (χ0v) is 11.8. The van der Waals surface area contributed by atoms with Crippen LogP contribution in [0.5, 0.6) is 0 Å². The van der Waals surface area contributed by atoms with Gasteiger partial charge in [0.05, 0.1) is 5.92 Å². The molecule has 0 aromatic carbocycles. The van der Waals surface area contributed by atoms with E-state index < -0.39 is 5.60 Å². The third-order valence-electron chi connectivity index (χ3n) is 2.11. The Morgan fingerprint density at radius 3 is 2.53 bits per heavy atom. The molecule has 1 unspecified atom stereocenters. The Bertz CT molecular complexity index is 211. The lowest BCUT2D eigenvalue weighted by Gasteiger charge is -2.22. The fraction of sp³-hybridized carbons (Fsp3) is 0.923. The number of hydrogen-bond acceptors (Lipinski definition) is 4. The van der Waals surface area contributed by atoms with Gasteiger partial charge in [0.25, 0.3) is 0 Å². The summed E-state index contributed by atoms with van der Waals surface area (Å²) in [4.78, 5) is 11.6. The van der Waals surface area contributed by atoms with E-state index in [1.54, 1.807) is 0 Å². The van der Waals surface area contributed by atoms with E-state index in [4.69, 9.17) is 9.47 Å². The summed E-state index contributed by atoms with van der Waals surface area (Å²) in [6, 6.07) is 0. The second kappa shape index (κ2) is 8.48. The predicted molar refractivity (Wildman–Crippen MR) is 69.0 cm³/mol. The van der Waals surface area contributed by atoms with Crippen LogP contribution in [0.4, 0.5) is 0 Å². The van der Waals surface area contributed by atoms with Crippen LogP contribution in [-0.4, -0.2) is 37.9 Å². The van der Waals surface area contributed by atoms with Crippen molar-refractivity contribution in [3.05, 3.63) is 0 Å². The van der Waals surface area contributed by atoms with Crippen LogP contribution in [-0.2, 0) is 14.3 Å². The van der Waals surface area contributed by atoms with Crippen molar-refractivity contribution in [1.82, 2.24) is 5.32 Å². The van der Waals surface area contributed by atoms with Gasteiger partial charge in [0.1, 0.15) is 5.60 Å². The highest BCUT2D eigenvalue weighted by atomic mass is 16.6. The first-order chi connectivity index (χ1) is 7.87. The maximum atomic E-state index is 11.6. The molecule has 0 saturated heterocycles. The third kappa shape index (κ3) is 10.3. The maximum absolute atomic E-state index is 11.6. The van der Waals surface area contributed by atoms with Gasteiger partial charge >= 0.3 is 5.97 Å². The van der Waals surface area contributed by atoms with Crippen LogP contribution in [0.2, 0.25) is 0 Å². The topological polar surface area (TPSA) is 47.6 Å². The lowest BCUT2D eigenvalue weighted by Crippen LogP contribution is -2.33. The molecule has 0 aromatic rings. The quantitative estimate of drug-likeness (QED) is 0.525. The van der Waals surface area contributed by atoms with E-state index in [0.29, 0.717) is 6.54 Å². The van der Waals surface area contributed by atoms with Gasteiger partial charge in [-0.05, 0) is 40.7 Å². The minimum atomic E-state index is -0.402. The molecule has 0 fully saturated rings. The Morgan fingerprint density at radius 1 is 1.35 bits per heavy atom. The molecule has 0 aliphatic carbocycles. The minimum absolute atomic E-state index is 0.110. The van der Waals surface area contributed by atoms with Gasteiger partial charge in [-0.2, -0.15) is 0 Å². The Labute approximate surface area is 105 Å². The van der Waals surface area contributed by atoms with Crippen LogP contribution < -0.4 is 5.32 Å². The largest absolute Gasteiger partial charge is 0.460 e. The summed E-state index contributed by atoms with van der Waals surface area (Å²) in [6.07, 6.45) is 0.967. The van der Waals surface area contributed by atoms with Gasteiger partial charge in [-0.15, -0.1) is 0 Å². The molecule has 0 amide bonds. The Balaban J connectivity index is 3.58. The second-order valence-corrected chi connectivity index (χ2v) is 5.19. The molecule has 4 heteroatoms. The van der Waals surface area contributed by atoms with Gasteiger partial charge in [0.2, 0.25) is 0 Å². The van der Waals surface area contributed by atoms with Gasteiger partial charge in [0.15, 0.2) is 0 Å². The van der Waals surface area contributed by atoms with Crippen LogP contribution in [0, 0.1) is 5.92 Å². The molecular weight excluding hydrogens is 218 g/mol. The highest BCUT2D eigenvalue weighted by molar-refractivity contribution is 5.72. The molecule has 0 aliphatic rings.